The van der Waals surface area contributed by atoms with E-state index in [-0.39, 0.29) is 10.9 Å². The van der Waals surface area contributed by atoms with Gasteiger partial charge in [0.1, 0.15) is 4.90 Å². The van der Waals surface area contributed by atoms with Crippen LogP contribution in [-0.2, 0) is 23.6 Å². The summed E-state index contributed by atoms with van der Waals surface area (Å²) in [5.41, 5.74) is 1.16. The molecule has 1 fully saturated rings. The molecule has 0 N–H and O–H groups in total. The molecule has 1 atom stereocenters. The van der Waals surface area contributed by atoms with Gasteiger partial charge in [0.05, 0.1) is 22.5 Å². The van der Waals surface area contributed by atoms with Gasteiger partial charge >= 0.3 is 0 Å². The number of hydrogen-bond acceptors (Lipinski definition) is 4. The lowest BCUT2D eigenvalue weighted by atomic mass is 10.1. The number of aromatic nitrogens is 4. The van der Waals surface area contributed by atoms with E-state index in [1.807, 2.05) is 6.92 Å². The highest BCUT2D eigenvalue weighted by Crippen LogP contribution is 2.37. The van der Waals surface area contributed by atoms with E-state index in [4.69, 9.17) is 11.6 Å². The number of sulfonamides is 1. The fraction of sp³-hybridized carbons (Fsp3) is 0.625. The molecule has 0 aliphatic carbocycles. The number of nitrogens with zero attached hydrogens (tertiary/aromatic N) is 5. The molecule has 0 saturated carbocycles. The van der Waals surface area contributed by atoms with E-state index >= 15 is 0 Å². The first-order valence-electron chi connectivity index (χ1n) is 8.59. The van der Waals surface area contributed by atoms with Crippen molar-refractivity contribution in [3.05, 3.63) is 28.8 Å². The average molecular weight is 386 g/mol. The molecule has 1 aliphatic heterocycles. The lowest BCUT2D eigenvalue weighted by molar-refractivity contribution is 0.321. The molecule has 0 radical (unpaired) electrons. The van der Waals surface area contributed by atoms with E-state index in [0.717, 1.165) is 25.7 Å². The van der Waals surface area contributed by atoms with Crippen LogP contribution in [0, 0.1) is 6.92 Å². The van der Waals surface area contributed by atoms with Crippen LogP contribution in [0.2, 0.25) is 5.02 Å². The molecule has 0 spiro atoms. The molecule has 2 aromatic rings. The molecule has 138 valence electrons. The molecule has 1 aliphatic rings. The lowest BCUT2D eigenvalue weighted by Crippen LogP contribution is -2.35. The monoisotopic (exact) mass is 385 g/mol. The van der Waals surface area contributed by atoms with Crippen molar-refractivity contribution in [3.63, 3.8) is 0 Å². The summed E-state index contributed by atoms with van der Waals surface area (Å²) in [6.45, 7) is 4.77. The molecule has 3 rings (SSSR count). The van der Waals surface area contributed by atoms with Crippen LogP contribution in [0.25, 0.3) is 0 Å². The van der Waals surface area contributed by atoms with E-state index in [9.17, 15) is 8.42 Å². The topological polar surface area (TPSA) is 73.0 Å². The molecule has 7 nitrogen and oxygen atoms in total. The summed E-state index contributed by atoms with van der Waals surface area (Å²) in [6.07, 6.45) is 6.84. The zero-order valence-electron chi connectivity index (χ0n) is 14.8. The van der Waals surface area contributed by atoms with E-state index in [1.54, 1.807) is 40.0 Å². The Kier molecular flexibility index (Phi) is 5.22. The lowest BCUT2D eigenvalue weighted by Gasteiger charge is -2.28. The molecule has 0 aromatic carbocycles. The van der Waals surface area contributed by atoms with Gasteiger partial charge in [-0.05, 0) is 26.7 Å². The summed E-state index contributed by atoms with van der Waals surface area (Å²) in [5.74, 6) is 0. The molecule has 9 heteroatoms. The predicted octanol–water partition coefficient (Wildman–Crippen LogP) is 2.90. The van der Waals surface area contributed by atoms with Crippen LogP contribution >= 0.6 is 11.6 Å². The summed E-state index contributed by atoms with van der Waals surface area (Å²) in [5, 5.41) is 9.24. The molecule has 25 heavy (non-hydrogen) atoms. The van der Waals surface area contributed by atoms with E-state index < -0.39 is 10.0 Å². The van der Waals surface area contributed by atoms with Gasteiger partial charge in [-0.15, -0.1) is 0 Å². The van der Waals surface area contributed by atoms with Gasteiger partial charge in [-0.25, -0.2) is 8.42 Å². The Labute approximate surface area is 153 Å². The quantitative estimate of drug-likeness (QED) is 0.811. The predicted molar refractivity (Wildman–Crippen MR) is 96.0 cm³/mol. The first kappa shape index (κ1) is 18.4. The minimum Gasteiger partial charge on any atom is -0.274 e. The summed E-state index contributed by atoms with van der Waals surface area (Å²) < 4.78 is 31.6. The Balaban J connectivity index is 2.06. The zero-order valence-corrected chi connectivity index (χ0v) is 16.4. The maximum absolute atomic E-state index is 13.4. The van der Waals surface area contributed by atoms with Crippen LogP contribution in [0.15, 0.2) is 17.3 Å². The van der Waals surface area contributed by atoms with Crippen molar-refractivity contribution < 1.29 is 8.42 Å². The summed E-state index contributed by atoms with van der Waals surface area (Å²) >= 11 is 6.33. The molecule has 1 saturated heterocycles. The maximum atomic E-state index is 13.4. The van der Waals surface area contributed by atoms with Crippen LogP contribution in [-0.4, -0.2) is 38.8 Å². The minimum atomic E-state index is -3.67. The average Bonchev–Trinajstić information content (AvgIpc) is 2.99. The molecule has 1 unspecified atom stereocenters. The molecular formula is C16H24ClN5O2S. The van der Waals surface area contributed by atoms with Gasteiger partial charge in [-0.3, -0.25) is 9.36 Å². The van der Waals surface area contributed by atoms with E-state index in [1.165, 1.54) is 0 Å². The molecular weight excluding hydrogens is 362 g/mol. The first-order chi connectivity index (χ1) is 11.8. The second-order valence-electron chi connectivity index (χ2n) is 6.45. The van der Waals surface area contributed by atoms with Crippen molar-refractivity contribution in [2.45, 2.75) is 57.0 Å². The summed E-state index contributed by atoms with van der Waals surface area (Å²) in [7, 11) is -1.88. The molecule has 3 heterocycles. The van der Waals surface area contributed by atoms with Gasteiger partial charge in [0, 0.05) is 32.5 Å². The third kappa shape index (κ3) is 3.47. The fourth-order valence-corrected chi connectivity index (χ4v) is 5.52. The second kappa shape index (κ2) is 7.09. The Hall–Kier alpha value is -1.38. The van der Waals surface area contributed by atoms with Crippen molar-refractivity contribution in [3.8, 4) is 0 Å². The van der Waals surface area contributed by atoms with Gasteiger partial charge in [-0.1, -0.05) is 24.4 Å². The van der Waals surface area contributed by atoms with Crippen LogP contribution < -0.4 is 0 Å². The normalized spacial score (nSPS) is 19.9. The maximum Gasteiger partial charge on any atom is 0.247 e. The highest BCUT2D eigenvalue weighted by Gasteiger charge is 2.37. The number of aryl methyl sites for hydroxylation is 3. The number of hydrogen-bond donors (Lipinski definition) is 0. The third-order valence-corrected chi connectivity index (χ3v) is 6.94. The van der Waals surface area contributed by atoms with Crippen LogP contribution in [0.4, 0.5) is 0 Å². The number of rotatable bonds is 4. The van der Waals surface area contributed by atoms with Crippen molar-refractivity contribution in [1.29, 1.82) is 0 Å². The van der Waals surface area contributed by atoms with Gasteiger partial charge in [0.2, 0.25) is 10.0 Å². The Bertz CT molecular complexity index is 858. The van der Waals surface area contributed by atoms with Gasteiger partial charge in [0.25, 0.3) is 0 Å². The Morgan fingerprint density at radius 1 is 1.24 bits per heavy atom. The van der Waals surface area contributed by atoms with Crippen molar-refractivity contribution >= 4 is 21.6 Å². The summed E-state index contributed by atoms with van der Waals surface area (Å²) in [6, 6.07) is -0.342. The van der Waals surface area contributed by atoms with Crippen molar-refractivity contribution in [2.24, 2.45) is 7.05 Å². The van der Waals surface area contributed by atoms with Crippen molar-refractivity contribution in [1.82, 2.24) is 23.9 Å². The molecule has 0 bridgehead atoms. The minimum absolute atomic E-state index is 0.272. The highest BCUT2D eigenvalue weighted by molar-refractivity contribution is 7.89. The Morgan fingerprint density at radius 2 is 2.00 bits per heavy atom. The SMILES string of the molecule is CCn1cc(S(=O)(=O)N2CCCCCC2c2nn(C)cc2Cl)c(C)n1. The van der Waals surface area contributed by atoms with Crippen LogP contribution in [0.3, 0.4) is 0 Å². The van der Waals surface area contributed by atoms with E-state index in [2.05, 4.69) is 10.2 Å². The number of halogens is 1. The van der Waals surface area contributed by atoms with E-state index in [0.29, 0.717) is 29.5 Å². The fourth-order valence-electron chi connectivity index (χ4n) is 3.39. The van der Waals surface area contributed by atoms with Gasteiger partial charge in [-0.2, -0.15) is 14.5 Å². The van der Waals surface area contributed by atoms with Crippen molar-refractivity contribution in [2.75, 3.05) is 6.54 Å². The molecule has 2 aromatic heterocycles. The Morgan fingerprint density at radius 3 is 2.60 bits per heavy atom. The van der Waals surface area contributed by atoms with Crippen LogP contribution in [0.5, 0.6) is 0 Å². The van der Waals surface area contributed by atoms with Crippen LogP contribution in [0.1, 0.15) is 50.0 Å². The first-order valence-corrected chi connectivity index (χ1v) is 10.4. The summed E-state index contributed by atoms with van der Waals surface area (Å²) in [4.78, 5) is 0.272. The largest absolute Gasteiger partial charge is 0.274 e. The highest BCUT2D eigenvalue weighted by atomic mass is 35.5. The molecule has 0 amide bonds. The van der Waals surface area contributed by atoms with Gasteiger partial charge < -0.3 is 0 Å². The second-order valence-corrected chi connectivity index (χ2v) is 8.72. The smallest absolute Gasteiger partial charge is 0.247 e. The third-order valence-electron chi connectivity index (χ3n) is 4.64. The van der Waals surface area contributed by atoms with Gasteiger partial charge in [0.15, 0.2) is 0 Å². The standard InChI is InChI=1S/C16H24ClN5O2S/c1-4-21-11-15(12(2)18-21)25(23,24)22-9-7-5-6-8-14(22)16-13(17)10-20(3)19-16/h10-11,14H,4-9H2,1-3H3. The zero-order chi connectivity index (χ0) is 18.2.